The van der Waals surface area contributed by atoms with Gasteiger partial charge in [0, 0.05) is 30.1 Å². The van der Waals surface area contributed by atoms with Gasteiger partial charge in [0.15, 0.2) is 0 Å². The van der Waals surface area contributed by atoms with E-state index in [1.54, 1.807) is 24.5 Å². The number of hydrogen-bond acceptors (Lipinski definition) is 3. The number of benzene rings is 1. The van der Waals surface area contributed by atoms with Crippen LogP contribution in [-0.2, 0) is 6.18 Å². The van der Waals surface area contributed by atoms with Gasteiger partial charge in [-0.2, -0.15) is 13.2 Å². The molecule has 0 saturated heterocycles. The smallest absolute Gasteiger partial charge is 0.419 e. The van der Waals surface area contributed by atoms with Gasteiger partial charge in [0.25, 0.3) is 0 Å². The fraction of sp³-hybridized carbons (Fsp3) is 0.182. The van der Waals surface area contributed by atoms with E-state index >= 15 is 0 Å². The Hall–Kier alpha value is -2.64. The van der Waals surface area contributed by atoms with Gasteiger partial charge < -0.3 is 4.42 Å². The van der Waals surface area contributed by atoms with Gasteiger partial charge in [-0.05, 0) is 54.8 Å². The molecular weight excluding hydrogens is 455 g/mol. The summed E-state index contributed by atoms with van der Waals surface area (Å²) in [4.78, 5) is 8.68. The van der Waals surface area contributed by atoms with Crippen molar-refractivity contribution in [3.8, 4) is 11.3 Å². The summed E-state index contributed by atoms with van der Waals surface area (Å²) in [6, 6.07) is 9.93. The summed E-state index contributed by atoms with van der Waals surface area (Å²) < 4.78 is 59.4. The maximum absolute atomic E-state index is 13.9. The zero-order chi connectivity index (χ0) is 20.4. The van der Waals surface area contributed by atoms with E-state index in [4.69, 9.17) is 4.42 Å². The van der Waals surface area contributed by atoms with Crippen molar-refractivity contribution in [2.75, 3.05) is 6.54 Å². The highest BCUT2D eigenvalue weighted by molar-refractivity contribution is 6.15. The van der Waals surface area contributed by atoms with Crippen molar-refractivity contribution in [1.29, 1.82) is 0 Å². The van der Waals surface area contributed by atoms with Crippen molar-refractivity contribution in [3.63, 3.8) is 0 Å². The summed E-state index contributed by atoms with van der Waals surface area (Å²) in [5.74, 6) is -0.991. The highest BCUT2D eigenvalue weighted by Crippen LogP contribution is 2.39. The van der Waals surface area contributed by atoms with Gasteiger partial charge in [-0.1, -0.05) is 12.1 Å². The molecule has 4 rings (SSSR count). The molecule has 0 unspecified atom stereocenters. The number of hydrogen-bond donors (Lipinski definition) is 0. The number of nitrogens with zero attached hydrogens (tertiary/aromatic N) is 2. The van der Waals surface area contributed by atoms with Gasteiger partial charge in [0.1, 0.15) is 22.9 Å². The predicted octanol–water partition coefficient (Wildman–Crippen LogP) is 7.01. The van der Waals surface area contributed by atoms with Crippen LogP contribution in [-0.4, -0.2) is 17.2 Å². The van der Waals surface area contributed by atoms with E-state index < -0.39 is 17.6 Å². The summed E-state index contributed by atoms with van der Waals surface area (Å²) >= 11 is 0. The maximum atomic E-state index is 13.9. The van der Waals surface area contributed by atoms with Crippen LogP contribution >= 0.6 is 24.8 Å². The Labute approximate surface area is 188 Å². The fourth-order valence-electron chi connectivity index (χ4n) is 3.36. The molecule has 164 valence electrons. The third-order valence-electron chi connectivity index (χ3n) is 4.62. The summed E-state index contributed by atoms with van der Waals surface area (Å²) in [5, 5.41) is 0. The molecule has 3 aromatic rings. The van der Waals surface area contributed by atoms with Crippen molar-refractivity contribution in [2.24, 2.45) is 4.99 Å². The molecule has 0 aliphatic carbocycles. The van der Waals surface area contributed by atoms with E-state index in [9.17, 15) is 17.6 Å². The zero-order valence-corrected chi connectivity index (χ0v) is 17.7. The largest absolute Gasteiger partial charge is 0.457 e. The van der Waals surface area contributed by atoms with Crippen molar-refractivity contribution in [1.82, 2.24) is 4.98 Å². The molecule has 3 heterocycles. The van der Waals surface area contributed by atoms with Gasteiger partial charge in [0.05, 0.1) is 5.71 Å². The molecule has 3 nitrogen and oxygen atoms in total. The summed E-state index contributed by atoms with van der Waals surface area (Å²) in [6.45, 7) is 0.698. The number of pyridine rings is 1. The van der Waals surface area contributed by atoms with Gasteiger partial charge in [0.2, 0.25) is 0 Å². The van der Waals surface area contributed by atoms with E-state index in [0.29, 0.717) is 12.3 Å². The molecule has 0 saturated carbocycles. The molecule has 0 amide bonds. The zero-order valence-electron chi connectivity index (χ0n) is 16.0. The highest BCUT2D eigenvalue weighted by Gasteiger charge is 2.37. The van der Waals surface area contributed by atoms with Crippen LogP contribution in [0.2, 0.25) is 0 Å². The Morgan fingerprint density at radius 1 is 1.00 bits per heavy atom. The lowest BCUT2D eigenvalue weighted by atomic mass is 9.96. The minimum absolute atomic E-state index is 0. The minimum atomic E-state index is -4.82. The molecule has 9 heteroatoms. The Morgan fingerprint density at radius 2 is 1.81 bits per heavy atom. The van der Waals surface area contributed by atoms with Crippen molar-refractivity contribution in [2.45, 2.75) is 19.0 Å². The van der Waals surface area contributed by atoms with Crippen molar-refractivity contribution in [3.05, 3.63) is 83.1 Å². The Kier molecular flexibility index (Phi) is 8.03. The Morgan fingerprint density at radius 3 is 2.52 bits per heavy atom. The van der Waals surface area contributed by atoms with Crippen molar-refractivity contribution < 1.29 is 22.0 Å². The second-order valence-electron chi connectivity index (χ2n) is 6.61. The first-order valence-corrected chi connectivity index (χ1v) is 9.05. The van der Waals surface area contributed by atoms with E-state index in [-0.39, 0.29) is 36.1 Å². The number of allylic oxidation sites excluding steroid dienone is 1. The molecule has 0 atom stereocenters. The first kappa shape index (κ1) is 24.6. The molecule has 0 fully saturated rings. The van der Waals surface area contributed by atoms with Gasteiger partial charge in [-0.15, -0.1) is 24.8 Å². The lowest BCUT2D eigenvalue weighted by molar-refractivity contribution is -0.139. The van der Waals surface area contributed by atoms with Crippen LogP contribution in [0, 0.1) is 5.82 Å². The van der Waals surface area contributed by atoms with Crippen LogP contribution in [0.1, 0.15) is 29.7 Å². The van der Waals surface area contributed by atoms with Crippen LogP contribution in [0.25, 0.3) is 17.4 Å². The predicted molar refractivity (Wildman–Crippen MR) is 116 cm³/mol. The summed E-state index contributed by atoms with van der Waals surface area (Å²) in [6.07, 6.45) is 1.96. The van der Waals surface area contributed by atoms with Gasteiger partial charge >= 0.3 is 6.18 Å². The topological polar surface area (TPSA) is 38.4 Å². The van der Waals surface area contributed by atoms with Crippen LogP contribution in [0.4, 0.5) is 17.6 Å². The molecule has 0 spiro atoms. The molecule has 31 heavy (non-hydrogen) atoms. The second-order valence-corrected chi connectivity index (χ2v) is 6.61. The maximum Gasteiger partial charge on any atom is 0.419 e. The number of furan rings is 1. The molecule has 2 aromatic heterocycles. The molecule has 1 aliphatic rings. The normalized spacial score (nSPS) is 15.1. The van der Waals surface area contributed by atoms with Crippen LogP contribution in [0.15, 0.2) is 69.8 Å². The van der Waals surface area contributed by atoms with Crippen molar-refractivity contribution >= 4 is 36.6 Å². The van der Waals surface area contributed by atoms with Gasteiger partial charge in [-0.25, -0.2) is 4.39 Å². The number of rotatable bonds is 3. The fourth-order valence-corrected chi connectivity index (χ4v) is 3.36. The Balaban J connectivity index is 0.00000171. The molecule has 1 aromatic carbocycles. The third-order valence-corrected chi connectivity index (χ3v) is 4.62. The lowest BCUT2D eigenvalue weighted by Gasteiger charge is -2.15. The second kappa shape index (κ2) is 10.1. The average Bonchev–Trinajstić information content (AvgIpc) is 3.16. The SMILES string of the molecule is Cl.Cl.Fc1cccc(-c2ccc(C=C3CCCN=C3c3cccnc3)o2)c1C(F)(F)F. The number of aromatic nitrogens is 1. The first-order chi connectivity index (χ1) is 13.9. The van der Waals surface area contributed by atoms with E-state index in [2.05, 4.69) is 9.98 Å². The minimum Gasteiger partial charge on any atom is -0.457 e. The number of aliphatic imine (C=N–C) groups is 1. The van der Waals surface area contributed by atoms with Crippen LogP contribution in [0.5, 0.6) is 0 Å². The van der Waals surface area contributed by atoms with Crippen LogP contribution in [0.3, 0.4) is 0 Å². The molecule has 0 radical (unpaired) electrons. The van der Waals surface area contributed by atoms with Gasteiger partial charge in [-0.3, -0.25) is 9.98 Å². The standard InChI is InChI=1S/C22H16F4N2O.2ClH/c23-18-7-1-6-17(20(18)22(24,25)26)19-9-8-16(29-19)12-14-4-3-11-28-21(14)15-5-2-10-27-13-15;;/h1-2,5-10,12-13H,3-4,11H2;2*1H. The monoisotopic (exact) mass is 472 g/mol. The van der Waals surface area contributed by atoms with E-state index in [1.165, 1.54) is 18.2 Å². The lowest BCUT2D eigenvalue weighted by Crippen LogP contribution is -2.11. The summed E-state index contributed by atoms with van der Waals surface area (Å²) in [5.41, 5.74) is 0.926. The number of halogens is 6. The third kappa shape index (κ3) is 5.35. The molecule has 0 N–H and O–H groups in total. The first-order valence-electron chi connectivity index (χ1n) is 9.05. The quantitative estimate of drug-likeness (QED) is 0.384. The highest BCUT2D eigenvalue weighted by atomic mass is 35.5. The Bertz CT molecular complexity index is 1090. The molecule has 1 aliphatic heterocycles. The molecular formula is C22H18Cl2F4N2O. The average molecular weight is 473 g/mol. The number of alkyl halides is 3. The summed E-state index contributed by atoms with van der Waals surface area (Å²) in [7, 11) is 0. The van der Waals surface area contributed by atoms with E-state index in [1.807, 2.05) is 12.1 Å². The van der Waals surface area contributed by atoms with E-state index in [0.717, 1.165) is 35.8 Å². The van der Waals surface area contributed by atoms with Crippen LogP contribution < -0.4 is 0 Å². The molecule has 0 bridgehead atoms.